The van der Waals surface area contributed by atoms with Crippen LogP contribution in [0.5, 0.6) is 0 Å². The van der Waals surface area contributed by atoms with Crippen LogP contribution in [-0.4, -0.2) is 53.1 Å². The molecule has 0 aromatic heterocycles. The van der Waals surface area contributed by atoms with E-state index in [1.807, 2.05) is 4.90 Å². The first-order valence-electron chi connectivity index (χ1n) is 6.05. The highest BCUT2D eigenvalue weighted by Crippen LogP contribution is 2.17. The Hall–Kier alpha value is -0.650. The van der Waals surface area contributed by atoms with E-state index in [4.69, 9.17) is 21.8 Å². The molecule has 0 fully saturated rings. The number of halogens is 1. The molecule has 0 aliphatic carbocycles. The summed E-state index contributed by atoms with van der Waals surface area (Å²) in [6, 6.07) is 7.06. The minimum Gasteiger partial charge on any atom is -0.396 e. The molecule has 1 aromatic carbocycles. The fourth-order valence-corrected chi connectivity index (χ4v) is 1.89. The van der Waals surface area contributed by atoms with Gasteiger partial charge in [0, 0.05) is 31.3 Å². The molecule has 3 N–H and O–H groups in total. The van der Waals surface area contributed by atoms with Gasteiger partial charge < -0.3 is 15.3 Å². The first-order chi connectivity index (χ1) is 8.67. The van der Waals surface area contributed by atoms with Gasteiger partial charge in [0.1, 0.15) is 0 Å². The van der Waals surface area contributed by atoms with Crippen LogP contribution in [0.3, 0.4) is 0 Å². The smallest absolute Gasteiger partial charge is 0.0916 e. The van der Waals surface area contributed by atoms with Gasteiger partial charge in [-0.15, -0.1) is 0 Å². The molecule has 0 aliphatic rings. The lowest BCUT2D eigenvalue weighted by atomic mass is 10.1. The van der Waals surface area contributed by atoms with Crippen molar-refractivity contribution in [3.63, 3.8) is 0 Å². The van der Waals surface area contributed by atoms with Crippen molar-refractivity contribution in [2.45, 2.75) is 12.5 Å². The van der Waals surface area contributed by atoms with E-state index in [0.29, 0.717) is 31.1 Å². The monoisotopic (exact) mass is 273 g/mol. The molecule has 0 amide bonds. The van der Waals surface area contributed by atoms with E-state index in [9.17, 15) is 5.11 Å². The topological polar surface area (TPSA) is 63.9 Å². The van der Waals surface area contributed by atoms with Crippen LogP contribution in [-0.2, 0) is 0 Å². The van der Waals surface area contributed by atoms with Gasteiger partial charge in [-0.25, -0.2) is 0 Å². The molecule has 0 saturated carbocycles. The number of aliphatic hydroxyl groups excluding tert-OH is 3. The van der Waals surface area contributed by atoms with Crippen molar-refractivity contribution >= 4 is 11.6 Å². The molecule has 5 heteroatoms. The summed E-state index contributed by atoms with van der Waals surface area (Å²) in [5, 5.41) is 28.5. The Morgan fingerprint density at radius 3 is 2.28 bits per heavy atom. The quantitative estimate of drug-likeness (QED) is 0.663. The second-order valence-electron chi connectivity index (χ2n) is 4.17. The second kappa shape index (κ2) is 8.45. The maximum atomic E-state index is 10.1. The molecule has 1 atom stereocenters. The molecule has 0 aliphatic heterocycles. The van der Waals surface area contributed by atoms with Gasteiger partial charge in [0.25, 0.3) is 0 Å². The van der Waals surface area contributed by atoms with Gasteiger partial charge in [-0.05, 0) is 24.1 Å². The lowest BCUT2D eigenvalue weighted by Gasteiger charge is -2.24. The van der Waals surface area contributed by atoms with Crippen molar-refractivity contribution in [2.75, 3.05) is 32.8 Å². The Morgan fingerprint density at radius 1 is 1.06 bits per heavy atom. The van der Waals surface area contributed by atoms with Crippen LogP contribution in [0.4, 0.5) is 0 Å². The van der Waals surface area contributed by atoms with Crippen molar-refractivity contribution in [2.24, 2.45) is 0 Å². The molecule has 18 heavy (non-hydrogen) atoms. The molecule has 0 radical (unpaired) electrons. The number of rotatable bonds is 8. The van der Waals surface area contributed by atoms with E-state index >= 15 is 0 Å². The highest BCUT2D eigenvalue weighted by Gasteiger charge is 2.12. The standard InChI is InChI=1S/C13H20ClNO3/c14-12-4-2-11(3-5-12)13(18)10-15(7-9-17)6-1-8-16/h2-5,13,16-18H,1,6-10H2. The minimum absolute atomic E-state index is 0.0404. The normalized spacial score (nSPS) is 12.9. The highest BCUT2D eigenvalue weighted by molar-refractivity contribution is 6.30. The summed E-state index contributed by atoms with van der Waals surface area (Å²) >= 11 is 5.79. The summed E-state index contributed by atoms with van der Waals surface area (Å²) in [5.74, 6) is 0. The maximum Gasteiger partial charge on any atom is 0.0916 e. The van der Waals surface area contributed by atoms with Crippen LogP contribution in [0, 0.1) is 0 Å². The van der Waals surface area contributed by atoms with Gasteiger partial charge in [0.15, 0.2) is 0 Å². The third kappa shape index (κ3) is 5.33. The fourth-order valence-electron chi connectivity index (χ4n) is 1.77. The van der Waals surface area contributed by atoms with Crippen LogP contribution in [0.25, 0.3) is 0 Å². The molecule has 1 rings (SSSR count). The fraction of sp³-hybridized carbons (Fsp3) is 0.538. The molecule has 1 aromatic rings. The van der Waals surface area contributed by atoms with Crippen LogP contribution in [0.2, 0.25) is 5.02 Å². The van der Waals surface area contributed by atoms with Crippen LogP contribution in [0.1, 0.15) is 18.1 Å². The predicted molar refractivity (Wildman–Crippen MR) is 71.6 cm³/mol. The summed E-state index contributed by atoms with van der Waals surface area (Å²) < 4.78 is 0. The lowest BCUT2D eigenvalue weighted by Crippen LogP contribution is -2.32. The minimum atomic E-state index is -0.618. The SMILES string of the molecule is OCCCN(CCO)CC(O)c1ccc(Cl)cc1. The van der Waals surface area contributed by atoms with Crippen LogP contribution in [0.15, 0.2) is 24.3 Å². The molecule has 0 heterocycles. The predicted octanol–water partition coefficient (Wildman–Crippen LogP) is 1.05. The Labute approximate surface area is 112 Å². The van der Waals surface area contributed by atoms with Crippen molar-refractivity contribution in [3.05, 3.63) is 34.9 Å². The molecule has 4 nitrogen and oxygen atoms in total. The maximum absolute atomic E-state index is 10.1. The van der Waals surface area contributed by atoms with E-state index in [1.165, 1.54) is 0 Å². The third-order valence-electron chi connectivity index (χ3n) is 2.73. The van der Waals surface area contributed by atoms with Gasteiger partial charge in [-0.1, -0.05) is 23.7 Å². The van der Waals surface area contributed by atoms with Gasteiger partial charge >= 0.3 is 0 Å². The van der Waals surface area contributed by atoms with E-state index in [2.05, 4.69) is 0 Å². The number of hydrogen-bond acceptors (Lipinski definition) is 4. The molecule has 0 bridgehead atoms. The summed E-state index contributed by atoms with van der Waals surface area (Å²) in [6.45, 7) is 1.73. The zero-order valence-electron chi connectivity index (χ0n) is 10.3. The number of aliphatic hydroxyl groups is 3. The van der Waals surface area contributed by atoms with Crippen molar-refractivity contribution < 1.29 is 15.3 Å². The molecular weight excluding hydrogens is 254 g/mol. The molecule has 0 spiro atoms. The zero-order valence-corrected chi connectivity index (χ0v) is 11.1. The first kappa shape index (κ1) is 15.4. The van der Waals surface area contributed by atoms with Crippen LogP contribution < -0.4 is 0 Å². The van der Waals surface area contributed by atoms with Crippen LogP contribution >= 0.6 is 11.6 Å². The van der Waals surface area contributed by atoms with Gasteiger partial charge in [0.2, 0.25) is 0 Å². The molecule has 0 saturated heterocycles. The third-order valence-corrected chi connectivity index (χ3v) is 2.99. The number of hydrogen-bond donors (Lipinski definition) is 3. The molecule has 102 valence electrons. The van der Waals surface area contributed by atoms with Crippen molar-refractivity contribution in [1.82, 2.24) is 4.90 Å². The largest absolute Gasteiger partial charge is 0.396 e. The van der Waals surface area contributed by atoms with Crippen molar-refractivity contribution in [1.29, 1.82) is 0 Å². The van der Waals surface area contributed by atoms with Gasteiger partial charge in [-0.3, -0.25) is 4.90 Å². The number of nitrogens with zero attached hydrogens (tertiary/aromatic N) is 1. The second-order valence-corrected chi connectivity index (χ2v) is 4.61. The Bertz CT molecular complexity index is 332. The first-order valence-corrected chi connectivity index (χ1v) is 6.42. The average Bonchev–Trinajstić information content (AvgIpc) is 2.37. The summed E-state index contributed by atoms with van der Waals surface area (Å²) in [7, 11) is 0. The van der Waals surface area contributed by atoms with E-state index in [1.54, 1.807) is 24.3 Å². The zero-order chi connectivity index (χ0) is 13.4. The van der Waals surface area contributed by atoms with Gasteiger partial charge in [-0.2, -0.15) is 0 Å². The van der Waals surface area contributed by atoms with E-state index < -0.39 is 6.10 Å². The van der Waals surface area contributed by atoms with E-state index in [-0.39, 0.29) is 13.2 Å². The summed E-state index contributed by atoms with van der Waals surface area (Å²) in [4.78, 5) is 1.93. The van der Waals surface area contributed by atoms with Crippen molar-refractivity contribution in [3.8, 4) is 0 Å². The molecule has 1 unspecified atom stereocenters. The van der Waals surface area contributed by atoms with E-state index in [0.717, 1.165) is 5.56 Å². The lowest BCUT2D eigenvalue weighted by molar-refractivity contribution is 0.0950. The number of benzene rings is 1. The Kier molecular flexibility index (Phi) is 7.23. The summed E-state index contributed by atoms with van der Waals surface area (Å²) in [5.41, 5.74) is 0.798. The molecular formula is C13H20ClNO3. The Balaban J connectivity index is 2.53. The highest BCUT2D eigenvalue weighted by atomic mass is 35.5. The van der Waals surface area contributed by atoms with Gasteiger partial charge in [0.05, 0.1) is 12.7 Å². The summed E-state index contributed by atoms with van der Waals surface area (Å²) in [6.07, 6.45) is 0.0142. The average molecular weight is 274 g/mol. The Morgan fingerprint density at radius 2 is 1.72 bits per heavy atom.